The predicted octanol–water partition coefficient (Wildman–Crippen LogP) is 4.61. The first-order valence-electron chi connectivity index (χ1n) is 10.2. The van der Waals surface area contributed by atoms with E-state index in [0.29, 0.717) is 33.1 Å². The summed E-state index contributed by atoms with van der Waals surface area (Å²) in [5.74, 6) is 0.588. The summed E-state index contributed by atoms with van der Waals surface area (Å²) in [5, 5.41) is 3.91. The molecule has 0 radical (unpaired) electrons. The topological polar surface area (TPSA) is 77.6 Å². The van der Waals surface area contributed by atoms with Crippen molar-refractivity contribution < 1.29 is 9.53 Å². The molecule has 33 heavy (non-hydrogen) atoms. The van der Waals surface area contributed by atoms with Gasteiger partial charge in [-0.15, -0.1) is 0 Å². The summed E-state index contributed by atoms with van der Waals surface area (Å²) in [6.45, 7) is 0.223. The highest BCUT2D eigenvalue weighted by atomic mass is 35.5. The molecule has 0 unspecified atom stereocenters. The molecular formula is C25H19ClN4O3. The van der Waals surface area contributed by atoms with Crippen LogP contribution in [0, 0.1) is 0 Å². The zero-order valence-corrected chi connectivity index (χ0v) is 18.4. The molecule has 3 aromatic carbocycles. The normalized spacial score (nSPS) is 11.1. The van der Waals surface area contributed by atoms with E-state index in [1.807, 2.05) is 36.4 Å². The molecule has 7 nitrogen and oxygen atoms in total. The summed E-state index contributed by atoms with van der Waals surface area (Å²) < 4.78 is 8.51. The lowest BCUT2D eigenvalue weighted by Crippen LogP contribution is -2.24. The Balaban J connectivity index is 1.64. The molecule has 0 saturated carbocycles. The van der Waals surface area contributed by atoms with Crippen LogP contribution in [-0.4, -0.2) is 27.0 Å². The number of hydrogen-bond acceptors (Lipinski definition) is 4. The molecule has 0 saturated heterocycles. The number of methoxy groups -OCH3 is 1. The number of ether oxygens (including phenoxy) is 1. The Labute approximate surface area is 193 Å². The van der Waals surface area contributed by atoms with Crippen molar-refractivity contribution in [2.75, 3.05) is 12.4 Å². The van der Waals surface area contributed by atoms with E-state index in [2.05, 4.69) is 10.3 Å². The highest BCUT2D eigenvalue weighted by molar-refractivity contribution is 6.31. The van der Waals surface area contributed by atoms with E-state index in [0.717, 1.165) is 5.56 Å². The minimum absolute atomic E-state index is 0.182. The fourth-order valence-electron chi connectivity index (χ4n) is 3.78. The van der Waals surface area contributed by atoms with Crippen molar-refractivity contribution in [2.24, 2.45) is 0 Å². The molecule has 0 aliphatic rings. The minimum atomic E-state index is -0.396. The van der Waals surface area contributed by atoms with Crippen LogP contribution in [0.1, 0.15) is 16.1 Å². The van der Waals surface area contributed by atoms with Crippen LogP contribution in [0.3, 0.4) is 0 Å². The Bertz CT molecular complexity index is 1570. The summed E-state index contributed by atoms with van der Waals surface area (Å²) in [7, 11) is 1.56. The molecule has 8 heteroatoms. The van der Waals surface area contributed by atoms with Gasteiger partial charge in [0.05, 0.1) is 24.6 Å². The molecule has 5 rings (SSSR count). The van der Waals surface area contributed by atoms with Gasteiger partial charge in [-0.2, -0.15) is 0 Å². The van der Waals surface area contributed by atoms with Crippen LogP contribution in [-0.2, 0) is 6.54 Å². The van der Waals surface area contributed by atoms with Gasteiger partial charge in [0.1, 0.15) is 11.4 Å². The third-order valence-electron chi connectivity index (χ3n) is 5.41. The first kappa shape index (κ1) is 20.8. The van der Waals surface area contributed by atoms with Gasteiger partial charge >= 0.3 is 0 Å². The number of carbonyl (C=O) groups excluding carboxylic acids is 1. The van der Waals surface area contributed by atoms with Crippen LogP contribution < -0.4 is 15.6 Å². The van der Waals surface area contributed by atoms with Crippen molar-refractivity contribution in [3.05, 3.63) is 106 Å². The van der Waals surface area contributed by atoms with Crippen LogP contribution in [0.25, 0.3) is 16.7 Å². The van der Waals surface area contributed by atoms with Crippen molar-refractivity contribution >= 4 is 39.9 Å². The number of nitrogens with zero attached hydrogens (tertiary/aromatic N) is 3. The molecule has 1 N–H and O–H groups in total. The Kier molecular flexibility index (Phi) is 5.32. The SMILES string of the molecule is COc1cccc(NC(=O)c2cn3c4ccccc4c(=O)n(Cc4ccccc4Cl)c3n2)c1. The number of carbonyl (C=O) groups is 1. The molecule has 0 atom stereocenters. The molecule has 2 aromatic heterocycles. The Morgan fingerprint density at radius 1 is 1.06 bits per heavy atom. The van der Waals surface area contributed by atoms with Gasteiger partial charge in [-0.05, 0) is 35.9 Å². The quantitative estimate of drug-likeness (QED) is 0.417. The van der Waals surface area contributed by atoms with Crippen molar-refractivity contribution in [1.82, 2.24) is 14.0 Å². The highest BCUT2D eigenvalue weighted by Gasteiger charge is 2.18. The summed E-state index contributed by atoms with van der Waals surface area (Å²) in [6, 6.07) is 21.6. The second-order valence-electron chi connectivity index (χ2n) is 7.48. The maximum Gasteiger partial charge on any atom is 0.275 e. The second-order valence-corrected chi connectivity index (χ2v) is 7.89. The summed E-state index contributed by atoms with van der Waals surface area (Å²) in [5.41, 5.74) is 2.00. The van der Waals surface area contributed by atoms with Crippen LogP contribution in [0.2, 0.25) is 5.02 Å². The number of nitrogens with one attached hydrogen (secondary N) is 1. The van der Waals surface area contributed by atoms with E-state index in [4.69, 9.17) is 16.3 Å². The van der Waals surface area contributed by atoms with E-state index < -0.39 is 5.91 Å². The van der Waals surface area contributed by atoms with Crippen LogP contribution in [0.4, 0.5) is 5.69 Å². The smallest absolute Gasteiger partial charge is 0.275 e. The molecule has 0 fully saturated rings. The maximum atomic E-state index is 13.4. The summed E-state index contributed by atoms with van der Waals surface area (Å²) in [4.78, 5) is 30.9. The number of benzene rings is 3. The van der Waals surface area contributed by atoms with Crippen molar-refractivity contribution in [3.8, 4) is 5.75 Å². The third-order valence-corrected chi connectivity index (χ3v) is 5.78. The summed E-state index contributed by atoms with van der Waals surface area (Å²) >= 11 is 6.35. The molecule has 1 amide bonds. The number of hydrogen-bond donors (Lipinski definition) is 1. The van der Waals surface area contributed by atoms with Gasteiger partial charge < -0.3 is 10.1 Å². The summed E-state index contributed by atoms with van der Waals surface area (Å²) in [6.07, 6.45) is 1.63. The highest BCUT2D eigenvalue weighted by Crippen LogP contribution is 2.21. The average Bonchev–Trinajstić information content (AvgIpc) is 3.29. The van der Waals surface area contributed by atoms with Gasteiger partial charge in [-0.1, -0.05) is 48.0 Å². The minimum Gasteiger partial charge on any atom is -0.497 e. The number of halogens is 1. The number of imidazole rings is 1. The lowest BCUT2D eigenvalue weighted by atomic mass is 10.2. The fourth-order valence-corrected chi connectivity index (χ4v) is 3.98. The first-order chi connectivity index (χ1) is 16.0. The van der Waals surface area contributed by atoms with Crippen molar-refractivity contribution in [1.29, 1.82) is 0 Å². The van der Waals surface area contributed by atoms with Gasteiger partial charge in [0.2, 0.25) is 5.78 Å². The molecular weight excluding hydrogens is 440 g/mol. The zero-order valence-electron chi connectivity index (χ0n) is 17.7. The van der Waals surface area contributed by atoms with Crippen LogP contribution in [0.15, 0.2) is 83.8 Å². The van der Waals surface area contributed by atoms with E-state index >= 15 is 0 Å². The second kappa shape index (κ2) is 8.44. The van der Waals surface area contributed by atoms with E-state index in [9.17, 15) is 9.59 Å². The fraction of sp³-hybridized carbons (Fsp3) is 0.0800. The number of anilines is 1. The zero-order chi connectivity index (χ0) is 22.9. The van der Waals surface area contributed by atoms with Crippen molar-refractivity contribution in [3.63, 3.8) is 0 Å². The molecule has 5 aromatic rings. The number of fused-ring (bicyclic) bond motifs is 3. The Morgan fingerprint density at radius 2 is 1.85 bits per heavy atom. The van der Waals surface area contributed by atoms with Crippen LogP contribution in [0.5, 0.6) is 5.75 Å². The van der Waals surface area contributed by atoms with Crippen LogP contribution >= 0.6 is 11.6 Å². The van der Waals surface area contributed by atoms with Crippen molar-refractivity contribution in [2.45, 2.75) is 6.54 Å². The molecule has 164 valence electrons. The maximum absolute atomic E-state index is 13.4. The predicted molar refractivity (Wildman–Crippen MR) is 128 cm³/mol. The monoisotopic (exact) mass is 458 g/mol. The van der Waals surface area contributed by atoms with E-state index in [1.165, 1.54) is 4.57 Å². The first-order valence-corrected chi connectivity index (χ1v) is 10.6. The number of amides is 1. The molecule has 0 bridgehead atoms. The Morgan fingerprint density at radius 3 is 2.67 bits per heavy atom. The number of rotatable bonds is 5. The average molecular weight is 459 g/mol. The van der Waals surface area contributed by atoms with Gasteiger partial charge in [0.25, 0.3) is 11.5 Å². The van der Waals surface area contributed by atoms with Gasteiger partial charge in [-0.25, -0.2) is 4.98 Å². The van der Waals surface area contributed by atoms with Gasteiger partial charge in [0, 0.05) is 23.0 Å². The number of para-hydroxylation sites is 1. The van der Waals surface area contributed by atoms with Gasteiger partial charge in [0.15, 0.2) is 0 Å². The molecule has 2 heterocycles. The van der Waals surface area contributed by atoms with E-state index in [-0.39, 0.29) is 17.8 Å². The molecule has 0 aliphatic carbocycles. The van der Waals surface area contributed by atoms with Gasteiger partial charge in [-0.3, -0.25) is 18.6 Å². The lowest BCUT2D eigenvalue weighted by molar-refractivity contribution is 0.102. The molecule has 0 aliphatic heterocycles. The van der Waals surface area contributed by atoms with E-state index in [1.54, 1.807) is 54.1 Å². The largest absolute Gasteiger partial charge is 0.497 e. The third kappa shape index (κ3) is 3.83. The Hall–Kier alpha value is -4.10. The number of aromatic nitrogens is 3. The molecule has 0 spiro atoms. The standard InChI is InChI=1S/C25H19ClN4O3/c1-33-18-9-6-8-17(13-18)27-23(31)21-15-29-22-12-5-3-10-19(22)24(32)30(25(29)28-21)14-16-7-2-4-11-20(16)26/h2-13,15H,14H2,1H3,(H,27,31). The lowest BCUT2D eigenvalue weighted by Gasteiger charge is -2.11.